The van der Waals surface area contributed by atoms with E-state index in [1.165, 1.54) is 11.1 Å². The van der Waals surface area contributed by atoms with E-state index >= 15 is 0 Å². The maximum atomic E-state index is 10.6. The average molecular weight is 470 g/mol. The number of nitrogens with two attached hydrogens (primary N) is 1. The maximum Gasteiger partial charge on any atom is 0.490 e. The van der Waals surface area contributed by atoms with Crippen molar-refractivity contribution in [3.05, 3.63) is 71.7 Å². The first-order valence-electron chi connectivity index (χ1n) is 10.3. The largest absolute Gasteiger partial charge is 0.493 e. The summed E-state index contributed by atoms with van der Waals surface area (Å²) in [4.78, 5) is 21.3. The minimum absolute atomic E-state index is 0.228. The van der Waals surface area contributed by atoms with Crippen LogP contribution in [0.1, 0.15) is 22.9 Å². The Morgan fingerprint density at radius 2 is 1.88 bits per heavy atom. The molecule has 1 aliphatic heterocycles. The number of H-pyrrole nitrogens is 1. The number of carboxylic acid groups (broad SMARTS) is 1. The average Bonchev–Trinajstić information content (AvgIpc) is 3.22. The van der Waals surface area contributed by atoms with E-state index in [4.69, 9.17) is 25.4 Å². The zero-order valence-electron chi connectivity index (χ0n) is 18.1. The van der Waals surface area contributed by atoms with Crippen LogP contribution >= 0.6 is 0 Å². The quantitative estimate of drug-likeness (QED) is 0.385. The number of nitrogens with one attached hydrogen (secondary N) is 1. The second-order valence-electron chi connectivity index (χ2n) is 7.95. The van der Waals surface area contributed by atoms with Crippen LogP contribution in [-0.2, 0) is 11.2 Å². The first-order valence-corrected chi connectivity index (χ1v) is 10.3. The summed E-state index contributed by atoms with van der Waals surface area (Å²) in [6, 6.07) is 16.4. The van der Waals surface area contributed by atoms with E-state index in [9.17, 15) is 13.2 Å². The molecule has 4 aromatic rings. The Morgan fingerprint density at radius 3 is 2.59 bits per heavy atom. The molecule has 1 unspecified atom stereocenters. The molecule has 34 heavy (non-hydrogen) atoms. The normalized spacial score (nSPS) is 15.1. The van der Waals surface area contributed by atoms with Crippen LogP contribution in [-0.4, -0.2) is 38.8 Å². The van der Waals surface area contributed by atoms with Crippen LogP contribution in [0.4, 0.5) is 19.0 Å². The number of nitrogen functional groups attached to an aromatic ring is 1. The third-order valence-electron chi connectivity index (χ3n) is 5.37. The number of aliphatic carboxylic acids is 1. The Morgan fingerprint density at radius 1 is 1.15 bits per heavy atom. The lowest BCUT2D eigenvalue weighted by Gasteiger charge is -2.24. The summed E-state index contributed by atoms with van der Waals surface area (Å²) >= 11 is 0. The van der Waals surface area contributed by atoms with E-state index in [-0.39, 0.29) is 5.92 Å². The highest BCUT2D eigenvalue weighted by Crippen LogP contribution is 2.33. The van der Waals surface area contributed by atoms with Crippen molar-refractivity contribution in [2.45, 2.75) is 25.4 Å². The summed E-state index contributed by atoms with van der Waals surface area (Å²) < 4.78 is 37.7. The molecule has 0 saturated heterocycles. The van der Waals surface area contributed by atoms with Gasteiger partial charge in [-0.15, -0.1) is 0 Å². The second kappa shape index (κ2) is 9.05. The number of carboxylic acids is 1. The monoisotopic (exact) mass is 470 g/mol. The highest BCUT2D eigenvalue weighted by Gasteiger charge is 2.38. The molecule has 0 aliphatic carbocycles. The molecule has 0 spiro atoms. The van der Waals surface area contributed by atoms with Crippen LogP contribution in [0.25, 0.3) is 22.2 Å². The fourth-order valence-corrected chi connectivity index (χ4v) is 3.73. The van der Waals surface area contributed by atoms with E-state index in [0.717, 1.165) is 40.2 Å². The first-order chi connectivity index (χ1) is 16.1. The predicted octanol–water partition coefficient (Wildman–Crippen LogP) is 4.87. The van der Waals surface area contributed by atoms with E-state index in [1.807, 2.05) is 18.2 Å². The number of nitrogens with zero attached hydrogens (tertiary/aromatic N) is 2. The number of ether oxygens (including phenoxy) is 1. The van der Waals surface area contributed by atoms with Crippen LogP contribution in [0.5, 0.6) is 5.75 Å². The zero-order chi connectivity index (χ0) is 24.5. The van der Waals surface area contributed by atoms with Gasteiger partial charge in [0.25, 0.3) is 0 Å². The third kappa shape index (κ3) is 5.11. The fraction of sp³-hybridized carbons (Fsp3) is 0.208. The molecule has 4 N–H and O–H groups in total. The Kier molecular flexibility index (Phi) is 6.14. The number of imidazole rings is 1. The smallest absolute Gasteiger partial charge is 0.490 e. The van der Waals surface area contributed by atoms with Gasteiger partial charge in [0.1, 0.15) is 17.4 Å². The standard InChI is InChI=1S/C22H20N4O.C2HF3O2/c1-13-2-5-20-16(8-13)9-17(12-27-20)22-25-18-4-3-14(10-19(18)26-22)15-6-7-24-21(23)11-15;3-2(4,5)1(6)7/h2-8,10-11,17H,9,12H2,1H3,(H2,23,24)(H,25,26);(H,6,7). The van der Waals surface area contributed by atoms with Gasteiger partial charge in [-0.05, 0) is 60.4 Å². The first kappa shape index (κ1) is 23.1. The van der Waals surface area contributed by atoms with Crippen LogP contribution in [0.3, 0.4) is 0 Å². The molecule has 0 fully saturated rings. The van der Waals surface area contributed by atoms with Gasteiger partial charge in [0.2, 0.25) is 0 Å². The van der Waals surface area contributed by atoms with Crippen LogP contribution in [0.2, 0.25) is 0 Å². The summed E-state index contributed by atoms with van der Waals surface area (Å²) in [6.45, 7) is 2.75. The summed E-state index contributed by atoms with van der Waals surface area (Å²) in [6.07, 6.45) is -2.42. The van der Waals surface area contributed by atoms with Gasteiger partial charge in [-0.1, -0.05) is 23.8 Å². The van der Waals surface area contributed by atoms with Gasteiger partial charge in [0, 0.05) is 6.20 Å². The fourth-order valence-electron chi connectivity index (χ4n) is 3.73. The molecule has 0 bridgehead atoms. The lowest BCUT2D eigenvalue weighted by Crippen LogP contribution is -2.21. The van der Waals surface area contributed by atoms with Crippen molar-refractivity contribution in [3.63, 3.8) is 0 Å². The van der Waals surface area contributed by atoms with Crippen molar-refractivity contribution >= 4 is 22.8 Å². The number of hydrogen-bond donors (Lipinski definition) is 3. The number of alkyl halides is 3. The van der Waals surface area contributed by atoms with Crippen molar-refractivity contribution < 1.29 is 27.8 Å². The molecule has 1 aliphatic rings. The minimum Gasteiger partial charge on any atom is -0.493 e. The van der Waals surface area contributed by atoms with Crippen molar-refractivity contribution in [1.82, 2.24) is 15.0 Å². The number of hydrogen-bond acceptors (Lipinski definition) is 5. The molecule has 7 nitrogen and oxygen atoms in total. The maximum absolute atomic E-state index is 10.6. The number of halogens is 3. The van der Waals surface area contributed by atoms with Gasteiger partial charge < -0.3 is 20.6 Å². The molecule has 3 heterocycles. The molecule has 0 radical (unpaired) electrons. The molecule has 0 amide bonds. The summed E-state index contributed by atoms with van der Waals surface area (Å²) in [5.41, 5.74) is 12.4. The zero-order valence-corrected chi connectivity index (χ0v) is 18.1. The van der Waals surface area contributed by atoms with Crippen LogP contribution in [0.15, 0.2) is 54.7 Å². The number of pyridine rings is 1. The van der Waals surface area contributed by atoms with Gasteiger partial charge in [-0.25, -0.2) is 14.8 Å². The lowest BCUT2D eigenvalue weighted by molar-refractivity contribution is -0.192. The van der Waals surface area contributed by atoms with Crippen molar-refractivity contribution in [3.8, 4) is 16.9 Å². The topological polar surface area (TPSA) is 114 Å². The van der Waals surface area contributed by atoms with Gasteiger partial charge in [-0.3, -0.25) is 0 Å². The molecule has 2 aromatic heterocycles. The Balaban J connectivity index is 0.000000344. The Bertz CT molecular complexity index is 1350. The van der Waals surface area contributed by atoms with Crippen LogP contribution in [0, 0.1) is 6.92 Å². The highest BCUT2D eigenvalue weighted by molar-refractivity contribution is 5.82. The molecule has 176 valence electrons. The molecule has 2 aromatic carbocycles. The summed E-state index contributed by atoms with van der Waals surface area (Å²) in [7, 11) is 0. The van der Waals surface area contributed by atoms with Gasteiger partial charge >= 0.3 is 12.1 Å². The molecule has 10 heteroatoms. The molecule has 5 rings (SSSR count). The molecular formula is C24H21F3N4O3. The molecule has 0 saturated carbocycles. The van der Waals surface area contributed by atoms with Crippen molar-refractivity contribution in [1.29, 1.82) is 0 Å². The minimum atomic E-state index is -5.08. The Labute approximate surface area is 192 Å². The second-order valence-corrected chi connectivity index (χ2v) is 7.95. The number of aromatic amines is 1. The number of carbonyl (C=O) groups is 1. The number of aryl methyl sites for hydroxylation is 1. The van der Waals surface area contributed by atoms with Crippen molar-refractivity contribution in [2.24, 2.45) is 0 Å². The Hall–Kier alpha value is -4.08. The van der Waals surface area contributed by atoms with E-state index in [2.05, 4.69) is 47.2 Å². The van der Waals surface area contributed by atoms with Crippen LogP contribution < -0.4 is 10.5 Å². The summed E-state index contributed by atoms with van der Waals surface area (Å²) in [5.74, 6) is -0.0421. The molecular weight excluding hydrogens is 449 g/mol. The number of anilines is 1. The number of aromatic nitrogens is 3. The summed E-state index contributed by atoms with van der Waals surface area (Å²) in [5, 5.41) is 7.12. The number of rotatable bonds is 2. The van der Waals surface area contributed by atoms with E-state index < -0.39 is 12.1 Å². The van der Waals surface area contributed by atoms with Gasteiger partial charge in [0.15, 0.2) is 0 Å². The molecule has 1 atom stereocenters. The van der Waals surface area contributed by atoms with Crippen molar-refractivity contribution in [2.75, 3.05) is 12.3 Å². The predicted molar refractivity (Wildman–Crippen MR) is 121 cm³/mol. The van der Waals surface area contributed by atoms with Gasteiger partial charge in [0.05, 0.1) is 23.6 Å². The van der Waals surface area contributed by atoms with E-state index in [1.54, 1.807) is 6.20 Å². The lowest BCUT2D eigenvalue weighted by atomic mass is 9.95. The van der Waals surface area contributed by atoms with E-state index in [0.29, 0.717) is 12.4 Å². The van der Waals surface area contributed by atoms with Gasteiger partial charge in [-0.2, -0.15) is 13.2 Å². The highest BCUT2D eigenvalue weighted by atomic mass is 19.4. The number of fused-ring (bicyclic) bond motifs is 2. The number of benzene rings is 2. The SMILES string of the molecule is Cc1ccc2c(c1)CC(c1nc3ccc(-c4ccnc(N)c4)cc3[nH]1)CO2.O=C(O)C(F)(F)F. The third-order valence-corrected chi connectivity index (χ3v) is 5.37.